The second kappa shape index (κ2) is 16.7. The lowest BCUT2D eigenvalue weighted by atomic mass is 9.83. The van der Waals surface area contributed by atoms with Gasteiger partial charge in [0, 0.05) is 31.3 Å². The smallest absolute Gasteiger partial charge is 0.409 e. The number of nitrogens with one attached hydrogen (secondary N) is 1. The molecule has 0 bridgehead atoms. The number of rotatable bonds is 16. The van der Waals surface area contributed by atoms with Crippen molar-refractivity contribution in [3.05, 3.63) is 149 Å². The van der Waals surface area contributed by atoms with E-state index in [1.807, 2.05) is 103 Å². The van der Waals surface area contributed by atoms with Crippen LogP contribution in [0.15, 0.2) is 121 Å². The molecule has 5 rings (SSSR count). The number of alkyl carbamates (subject to hydrolysis) is 1. The van der Waals surface area contributed by atoms with Crippen LogP contribution in [0.5, 0.6) is 5.75 Å². The second-order valence-electron chi connectivity index (χ2n) is 10.7. The highest BCUT2D eigenvalue weighted by atomic mass is 16.6. The molecule has 4 aromatic carbocycles. The van der Waals surface area contributed by atoms with Crippen molar-refractivity contribution in [1.82, 2.24) is 20.3 Å². The van der Waals surface area contributed by atoms with Gasteiger partial charge in [0.2, 0.25) is 5.60 Å². The summed E-state index contributed by atoms with van der Waals surface area (Å²) in [6.45, 7) is 1.75. The first-order valence-electron chi connectivity index (χ1n) is 15.5. The summed E-state index contributed by atoms with van der Waals surface area (Å²) in [5.74, 6) is 0.0141. The first-order chi connectivity index (χ1) is 23.1. The lowest BCUT2D eigenvalue weighted by molar-refractivity contribution is 0.0383. The Labute approximate surface area is 274 Å². The molecule has 1 N–H and O–H groups in total. The molecule has 10 nitrogen and oxygen atoms in total. The monoisotopic (exact) mass is 634 g/mol. The molecule has 5 aromatic rings. The van der Waals surface area contributed by atoms with Gasteiger partial charge >= 0.3 is 12.1 Å². The van der Waals surface area contributed by atoms with Crippen molar-refractivity contribution in [1.29, 1.82) is 0 Å². The van der Waals surface area contributed by atoms with Crippen LogP contribution < -0.4 is 10.1 Å². The van der Waals surface area contributed by atoms with Gasteiger partial charge in [-0.1, -0.05) is 108 Å². The van der Waals surface area contributed by atoms with Crippen molar-refractivity contribution in [3.8, 4) is 5.75 Å². The standard InChI is InChI=1S/C37H38N4O6/c1-44-25-26-46-35(42)32-21-11-12-22-33(32)45-24-14-13-23-41-28-34(39-40-41)37(30-17-7-3-8-18-30,31-19-9-4-10-20-31)47-36(43)38-27-29-15-5-2-6-16-29/h2-12,15-22,28H,13-14,23-27H2,1H3,(H,38,43). The molecule has 0 saturated carbocycles. The molecule has 0 aliphatic carbocycles. The zero-order valence-electron chi connectivity index (χ0n) is 26.3. The van der Waals surface area contributed by atoms with Gasteiger partial charge in [-0.25, -0.2) is 9.59 Å². The summed E-state index contributed by atoms with van der Waals surface area (Å²) < 4.78 is 24.2. The molecule has 0 fully saturated rings. The minimum absolute atomic E-state index is 0.169. The van der Waals surface area contributed by atoms with Crippen molar-refractivity contribution in [2.75, 3.05) is 26.9 Å². The van der Waals surface area contributed by atoms with Crippen LogP contribution in [-0.4, -0.2) is 54.0 Å². The van der Waals surface area contributed by atoms with E-state index < -0.39 is 17.7 Å². The highest BCUT2D eigenvalue weighted by Crippen LogP contribution is 2.39. The molecule has 242 valence electrons. The molecule has 0 atom stereocenters. The normalized spacial score (nSPS) is 11.1. The minimum Gasteiger partial charge on any atom is -0.493 e. The number of methoxy groups -OCH3 is 1. The molecule has 1 amide bonds. The largest absolute Gasteiger partial charge is 0.493 e. The van der Waals surface area contributed by atoms with Crippen molar-refractivity contribution < 1.29 is 28.5 Å². The number of ether oxygens (including phenoxy) is 4. The second-order valence-corrected chi connectivity index (χ2v) is 10.7. The Morgan fingerprint density at radius 1 is 0.766 bits per heavy atom. The Kier molecular flexibility index (Phi) is 11.7. The fourth-order valence-electron chi connectivity index (χ4n) is 5.11. The quantitative estimate of drug-likeness (QED) is 0.101. The molecule has 0 aliphatic heterocycles. The zero-order valence-corrected chi connectivity index (χ0v) is 26.3. The Morgan fingerprint density at radius 3 is 2.09 bits per heavy atom. The summed E-state index contributed by atoms with van der Waals surface area (Å²) >= 11 is 0. The summed E-state index contributed by atoms with van der Waals surface area (Å²) in [7, 11) is 1.55. The van der Waals surface area contributed by atoms with Crippen LogP contribution in [0.3, 0.4) is 0 Å². The maximum absolute atomic E-state index is 13.4. The van der Waals surface area contributed by atoms with E-state index in [0.29, 0.717) is 49.7 Å². The predicted molar refractivity (Wildman–Crippen MR) is 176 cm³/mol. The van der Waals surface area contributed by atoms with E-state index in [1.165, 1.54) is 0 Å². The van der Waals surface area contributed by atoms with Gasteiger partial charge in [-0.3, -0.25) is 4.68 Å². The fourth-order valence-corrected chi connectivity index (χ4v) is 5.11. The molecule has 0 unspecified atom stereocenters. The van der Waals surface area contributed by atoms with Crippen molar-refractivity contribution in [3.63, 3.8) is 0 Å². The van der Waals surface area contributed by atoms with E-state index in [0.717, 1.165) is 23.1 Å². The van der Waals surface area contributed by atoms with Gasteiger partial charge in [0.1, 0.15) is 23.6 Å². The number of carbonyl (C=O) groups excluding carboxylic acids is 2. The summed E-state index contributed by atoms with van der Waals surface area (Å²) in [6.07, 6.45) is 2.65. The Hall–Kier alpha value is -5.48. The highest BCUT2D eigenvalue weighted by Gasteiger charge is 2.43. The maximum atomic E-state index is 13.4. The molecule has 1 heterocycles. The highest BCUT2D eigenvalue weighted by molar-refractivity contribution is 5.92. The SMILES string of the molecule is COCCOC(=O)c1ccccc1OCCCCn1cc(C(OC(=O)NCc2ccccc2)(c2ccccc2)c2ccccc2)nn1. The lowest BCUT2D eigenvalue weighted by Crippen LogP contribution is -2.39. The third kappa shape index (κ3) is 8.62. The number of nitrogens with zero attached hydrogens (tertiary/aromatic N) is 3. The topological polar surface area (TPSA) is 114 Å². The molecule has 0 aliphatic rings. The van der Waals surface area contributed by atoms with Crippen LogP contribution >= 0.6 is 0 Å². The molecule has 0 radical (unpaired) electrons. The molecular formula is C37H38N4O6. The van der Waals surface area contributed by atoms with Crippen LogP contribution in [0.4, 0.5) is 4.79 Å². The van der Waals surface area contributed by atoms with Crippen LogP contribution in [0.2, 0.25) is 0 Å². The molecule has 0 saturated heterocycles. The fraction of sp³-hybridized carbons (Fsp3) is 0.243. The predicted octanol–water partition coefficient (Wildman–Crippen LogP) is 6.16. The number of unbranched alkanes of at least 4 members (excludes halogenated alkanes) is 1. The Balaban J connectivity index is 1.28. The molecule has 0 spiro atoms. The van der Waals surface area contributed by atoms with Crippen molar-refractivity contribution >= 4 is 12.1 Å². The molecule has 1 aromatic heterocycles. The molecule has 10 heteroatoms. The molecule has 47 heavy (non-hydrogen) atoms. The van der Waals surface area contributed by atoms with Gasteiger partial charge in [0.25, 0.3) is 0 Å². The van der Waals surface area contributed by atoms with Crippen LogP contribution in [0.25, 0.3) is 0 Å². The van der Waals surface area contributed by atoms with Gasteiger partial charge in [0.05, 0.1) is 19.4 Å². The van der Waals surface area contributed by atoms with E-state index >= 15 is 0 Å². The number of aromatic nitrogens is 3. The number of carbonyl (C=O) groups is 2. The van der Waals surface area contributed by atoms with Crippen LogP contribution in [0, 0.1) is 0 Å². The van der Waals surface area contributed by atoms with Crippen LogP contribution in [0.1, 0.15) is 45.6 Å². The Morgan fingerprint density at radius 2 is 1.40 bits per heavy atom. The minimum atomic E-state index is -1.35. The third-order valence-corrected chi connectivity index (χ3v) is 7.45. The maximum Gasteiger partial charge on any atom is 0.409 e. The average molecular weight is 635 g/mol. The number of aryl methyl sites for hydroxylation is 1. The van der Waals surface area contributed by atoms with E-state index in [4.69, 9.17) is 18.9 Å². The number of esters is 1. The van der Waals surface area contributed by atoms with Crippen LogP contribution in [-0.2, 0) is 32.9 Å². The lowest BCUT2D eigenvalue weighted by Gasteiger charge is -2.32. The number of hydrogen-bond donors (Lipinski definition) is 1. The van der Waals surface area contributed by atoms with Gasteiger partial charge in [-0.2, -0.15) is 0 Å². The van der Waals surface area contributed by atoms with E-state index in [1.54, 1.807) is 30.0 Å². The molecular weight excluding hydrogens is 596 g/mol. The van der Waals surface area contributed by atoms with Gasteiger partial charge in [-0.05, 0) is 30.5 Å². The van der Waals surface area contributed by atoms with Crippen molar-refractivity contribution in [2.24, 2.45) is 0 Å². The number of hydrogen-bond acceptors (Lipinski definition) is 8. The first kappa shape index (κ1) is 32.9. The van der Waals surface area contributed by atoms with Gasteiger partial charge in [0.15, 0.2) is 0 Å². The van der Waals surface area contributed by atoms with Crippen molar-refractivity contribution in [2.45, 2.75) is 31.5 Å². The third-order valence-electron chi connectivity index (χ3n) is 7.45. The summed E-state index contributed by atoms with van der Waals surface area (Å²) in [6, 6.07) is 35.8. The average Bonchev–Trinajstić information content (AvgIpc) is 3.60. The zero-order chi connectivity index (χ0) is 32.7. The first-order valence-corrected chi connectivity index (χ1v) is 15.5. The van der Waals surface area contributed by atoms with Gasteiger partial charge in [-0.15, -0.1) is 5.10 Å². The summed E-state index contributed by atoms with van der Waals surface area (Å²) in [4.78, 5) is 25.9. The van der Waals surface area contributed by atoms with Gasteiger partial charge < -0.3 is 24.3 Å². The van der Waals surface area contributed by atoms with E-state index in [-0.39, 0.29) is 6.61 Å². The Bertz CT molecular complexity index is 1660. The van der Waals surface area contributed by atoms with E-state index in [2.05, 4.69) is 15.6 Å². The summed E-state index contributed by atoms with van der Waals surface area (Å²) in [5, 5.41) is 11.8. The number of para-hydroxylation sites is 1. The number of amides is 1. The van der Waals surface area contributed by atoms with E-state index in [9.17, 15) is 9.59 Å². The number of benzene rings is 4. The summed E-state index contributed by atoms with van der Waals surface area (Å²) in [5.41, 5.74) is 1.92.